The normalized spacial score (nSPS) is 13.9. The van der Waals surface area contributed by atoms with E-state index in [1.165, 1.54) is 0 Å². The summed E-state index contributed by atoms with van der Waals surface area (Å²) in [4.78, 5) is 2.03. The summed E-state index contributed by atoms with van der Waals surface area (Å²) < 4.78 is 0.976. The number of aliphatic hydroxyl groups is 2. The van der Waals surface area contributed by atoms with Gasteiger partial charge in [0.1, 0.15) is 0 Å². The summed E-state index contributed by atoms with van der Waals surface area (Å²) in [5.41, 5.74) is 0.219. The van der Waals surface area contributed by atoms with Crippen LogP contribution in [0.5, 0.6) is 0 Å². The van der Waals surface area contributed by atoms with Crippen LogP contribution in [0.25, 0.3) is 0 Å². The predicted octanol–water partition coefficient (Wildman–Crippen LogP) is 2.58. The molecule has 2 N–H and O–H groups in total. The van der Waals surface area contributed by atoms with Crippen molar-refractivity contribution in [2.45, 2.75) is 32.0 Å². The topological polar surface area (TPSA) is 43.7 Å². The number of halogens is 1. The first-order chi connectivity index (χ1) is 8.28. The lowest BCUT2D eigenvalue weighted by Gasteiger charge is -2.26. The number of hydrogen-bond donors (Lipinski definition) is 2. The van der Waals surface area contributed by atoms with Gasteiger partial charge in [-0.15, -0.1) is 0 Å². The smallest absolute Gasteiger partial charge is 0.0802 e. The Morgan fingerprint density at radius 2 is 2.06 bits per heavy atom. The highest BCUT2D eigenvalue weighted by molar-refractivity contribution is 9.10. The molecule has 1 aromatic rings. The minimum absolute atomic E-state index is 0.466. The number of rotatable bonds is 6. The first-order valence-corrected chi connectivity index (χ1v) is 6.92. The number of benzene rings is 1. The number of likely N-dealkylation sites (N-methyl/N-ethyl adjacent to an activating group) is 1. The summed E-state index contributed by atoms with van der Waals surface area (Å²) in [7, 11) is 1.95. The zero-order chi connectivity index (χ0) is 13.8. The first kappa shape index (κ1) is 15.6. The van der Waals surface area contributed by atoms with Gasteiger partial charge in [-0.25, -0.2) is 0 Å². The van der Waals surface area contributed by atoms with Crippen molar-refractivity contribution in [3.05, 3.63) is 34.3 Å². The van der Waals surface area contributed by atoms with Gasteiger partial charge in [-0.05, 0) is 45.0 Å². The van der Waals surface area contributed by atoms with Gasteiger partial charge in [0.25, 0.3) is 0 Å². The monoisotopic (exact) mass is 315 g/mol. The van der Waals surface area contributed by atoms with Crippen LogP contribution in [-0.2, 0) is 0 Å². The molecule has 0 spiro atoms. The van der Waals surface area contributed by atoms with Crippen LogP contribution >= 0.6 is 15.9 Å². The van der Waals surface area contributed by atoms with Crippen LogP contribution in [0, 0.1) is 0 Å². The summed E-state index contributed by atoms with van der Waals surface area (Å²) >= 11 is 3.40. The Hall–Kier alpha value is -0.420. The molecule has 0 bridgehead atoms. The molecule has 18 heavy (non-hydrogen) atoms. The second kappa shape index (κ2) is 6.66. The Morgan fingerprint density at radius 1 is 1.39 bits per heavy atom. The van der Waals surface area contributed by atoms with Crippen molar-refractivity contribution in [1.29, 1.82) is 0 Å². The maximum Gasteiger partial charge on any atom is 0.0802 e. The largest absolute Gasteiger partial charge is 0.389 e. The molecule has 0 aromatic heterocycles. The molecule has 0 heterocycles. The van der Waals surface area contributed by atoms with Crippen LogP contribution in [0.3, 0.4) is 0 Å². The van der Waals surface area contributed by atoms with Gasteiger partial charge in [-0.3, -0.25) is 0 Å². The van der Waals surface area contributed by atoms with Gasteiger partial charge in [0.15, 0.2) is 0 Å². The van der Waals surface area contributed by atoms with E-state index in [1.54, 1.807) is 13.8 Å². The molecule has 0 aliphatic carbocycles. The molecule has 1 aromatic carbocycles. The number of aliphatic hydroxyl groups excluding tert-OH is 1. The predicted molar refractivity (Wildman–Crippen MR) is 77.5 cm³/mol. The maximum atomic E-state index is 10.1. The fourth-order valence-corrected chi connectivity index (χ4v) is 2.38. The molecule has 4 heteroatoms. The van der Waals surface area contributed by atoms with Crippen molar-refractivity contribution in [1.82, 2.24) is 4.90 Å². The number of hydrogen-bond acceptors (Lipinski definition) is 3. The summed E-state index contributed by atoms with van der Waals surface area (Å²) in [5, 5.41) is 19.8. The van der Waals surface area contributed by atoms with Gasteiger partial charge >= 0.3 is 0 Å². The molecule has 0 amide bonds. The van der Waals surface area contributed by atoms with Crippen LogP contribution in [0.2, 0.25) is 0 Å². The Bertz CT molecular complexity index is 376. The molecule has 1 rings (SSSR count). The summed E-state index contributed by atoms with van der Waals surface area (Å²) in [6, 6.07) is 7.71. The highest BCUT2D eigenvalue weighted by Gasteiger charge is 2.16. The zero-order valence-corrected chi connectivity index (χ0v) is 12.8. The van der Waals surface area contributed by atoms with Gasteiger partial charge in [0, 0.05) is 17.6 Å². The Morgan fingerprint density at radius 3 is 2.61 bits per heavy atom. The van der Waals surface area contributed by atoms with E-state index in [0.717, 1.165) is 16.6 Å². The molecule has 0 radical (unpaired) electrons. The van der Waals surface area contributed by atoms with E-state index in [-0.39, 0.29) is 0 Å². The minimum atomic E-state index is -0.699. The molecular weight excluding hydrogens is 294 g/mol. The fourth-order valence-electron chi connectivity index (χ4n) is 1.96. The lowest BCUT2D eigenvalue weighted by atomic mass is 10.1. The maximum absolute atomic E-state index is 10.1. The molecule has 1 unspecified atom stereocenters. The van der Waals surface area contributed by atoms with Crippen LogP contribution in [0.1, 0.15) is 31.9 Å². The average molecular weight is 316 g/mol. The standard InChI is InChI=1S/C14H22BrNO2/c1-14(2,18)10-16(3)8-7-13(17)11-5-4-6-12(15)9-11/h4-6,9,13,17-18H,7-8,10H2,1-3H3. The average Bonchev–Trinajstić information content (AvgIpc) is 2.23. The summed E-state index contributed by atoms with van der Waals surface area (Å²) in [6.45, 7) is 4.92. The Balaban J connectivity index is 2.44. The highest BCUT2D eigenvalue weighted by atomic mass is 79.9. The summed E-state index contributed by atoms with van der Waals surface area (Å²) in [6.07, 6.45) is 0.190. The van der Waals surface area contributed by atoms with Crippen molar-refractivity contribution in [3.8, 4) is 0 Å². The van der Waals surface area contributed by atoms with E-state index in [2.05, 4.69) is 15.9 Å². The van der Waals surface area contributed by atoms with E-state index >= 15 is 0 Å². The molecular formula is C14H22BrNO2. The van der Waals surface area contributed by atoms with Gasteiger partial charge in [0.05, 0.1) is 11.7 Å². The third-order valence-electron chi connectivity index (χ3n) is 2.67. The van der Waals surface area contributed by atoms with Crippen LogP contribution < -0.4 is 0 Å². The molecule has 102 valence electrons. The third-order valence-corrected chi connectivity index (χ3v) is 3.17. The Labute approximate surface area is 118 Å². The third kappa shape index (κ3) is 5.96. The van der Waals surface area contributed by atoms with E-state index < -0.39 is 11.7 Å². The zero-order valence-electron chi connectivity index (χ0n) is 11.2. The van der Waals surface area contributed by atoms with E-state index in [9.17, 15) is 10.2 Å². The second-order valence-electron chi connectivity index (χ2n) is 5.41. The van der Waals surface area contributed by atoms with Crippen molar-refractivity contribution >= 4 is 15.9 Å². The van der Waals surface area contributed by atoms with Crippen molar-refractivity contribution < 1.29 is 10.2 Å². The minimum Gasteiger partial charge on any atom is -0.389 e. The van der Waals surface area contributed by atoms with Crippen molar-refractivity contribution in [3.63, 3.8) is 0 Å². The highest BCUT2D eigenvalue weighted by Crippen LogP contribution is 2.20. The molecule has 0 saturated heterocycles. The molecule has 3 nitrogen and oxygen atoms in total. The molecule has 0 saturated carbocycles. The molecule has 1 atom stereocenters. The molecule has 0 fully saturated rings. The lowest BCUT2D eigenvalue weighted by Crippen LogP contribution is -2.37. The van der Waals surface area contributed by atoms with Gasteiger partial charge in [0.2, 0.25) is 0 Å². The first-order valence-electron chi connectivity index (χ1n) is 6.12. The Kier molecular flexibility index (Phi) is 5.79. The van der Waals surface area contributed by atoms with E-state index in [0.29, 0.717) is 13.0 Å². The van der Waals surface area contributed by atoms with Gasteiger partial charge in [-0.1, -0.05) is 28.1 Å². The van der Waals surface area contributed by atoms with Gasteiger partial charge in [-0.2, -0.15) is 0 Å². The van der Waals surface area contributed by atoms with Crippen LogP contribution in [0.15, 0.2) is 28.7 Å². The van der Waals surface area contributed by atoms with E-state index in [1.807, 2.05) is 36.2 Å². The van der Waals surface area contributed by atoms with Crippen molar-refractivity contribution in [2.75, 3.05) is 20.1 Å². The molecule has 0 aliphatic rings. The van der Waals surface area contributed by atoms with Crippen LogP contribution in [0.4, 0.5) is 0 Å². The SMILES string of the molecule is CN(CCC(O)c1cccc(Br)c1)CC(C)(C)O. The molecule has 0 aliphatic heterocycles. The van der Waals surface area contributed by atoms with Crippen LogP contribution in [-0.4, -0.2) is 40.9 Å². The lowest BCUT2D eigenvalue weighted by molar-refractivity contribution is 0.0393. The summed E-state index contributed by atoms with van der Waals surface area (Å²) in [5.74, 6) is 0. The second-order valence-corrected chi connectivity index (χ2v) is 6.33. The van der Waals surface area contributed by atoms with E-state index in [4.69, 9.17) is 0 Å². The number of nitrogens with zero attached hydrogens (tertiary/aromatic N) is 1. The van der Waals surface area contributed by atoms with Crippen molar-refractivity contribution in [2.24, 2.45) is 0 Å². The fraction of sp³-hybridized carbons (Fsp3) is 0.571. The quantitative estimate of drug-likeness (QED) is 0.848. The van der Waals surface area contributed by atoms with Gasteiger partial charge < -0.3 is 15.1 Å².